The molecule has 1 aliphatic heterocycles. The van der Waals surface area contributed by atoms with Crippen LogP contribution < -0.4 is 20.5 Å². The van der Waals surface area contributed by atoms with E-state index in [9.17, 15) is 4.79 Å². The topological polar surface area (TPSA) is 109 Å². The third kappa shape index (κ3) is 4.66. The van der Waals surface area contributed by atoms with Crippen molar-refractivity contribution in [2.45, 2.75) is 19.1 Å². The van der Waals surface area contributed by atoms with Gasteiger partial charge in [-0.1, -0.05) is 35.6 Å². The number of anilines is 1. The van der Waals surface area contributed by atoms with Crippen molar-refractivity contribution < 1.29 is 19.0 Å². The van der Waals surface area contributed by atoms with Gasteiger partial charge in [0.1, 0.15) is 17.4 Å². The molecule has 1 atom stereocenters. The van der Waals surface area contributed by atoms with Gasteiger partial charge in [0.15, 0.2) is 5.13 Å². The first kappa shape index (κ1) is 22.1. The second-order valence-corrected chi connectivity index (χ2v) is 8.97. The molecule has 0 saturated carbocycles. The molecule has 1 aliphatic rings. The number of hydrogen-bond acceptors (Lipinski definition) is 8. The summed E-state index contributed by atoms with van der Waals surface area (Å²) in [5.41, 5.74) is 9.62. The van der Waals surface area contributed by atoms with E-state index in [4.69, 9.17) is 19.9 Å². The maximum atomic E-state index is 13.1. The van der Waals surface area contributed by atoms with E-state index in [1.165, 1.54) is 18.4 Å². The van der Waals surface area contributed by atoms with Crippen LogP contribution in [-0.2, 0) is 11.3 Å². The predicted octanol–water partition coefficient (Wildman–Crippen LogP) is 4.05. The van der Waals surface area contributed by atoms with E-state index in [0.717, 1.165) is 39.1 Å². The molecule has 1 amide bonds. The van der Waals surface area contributed by atoms with Crippen LogP contribution in [0.2, 0.25) is 0 Å². The highest BCUT2D eigenvalue weighted by Gasteiger charge is 2.20. The Hall–Kier alpha value is -3.69. The Labute approximate surface area is 200 Å². The summed E-state index contributed by atoms with van der Waals surface area (Å²) in [4.78, 5) is 21.8. The molecule has 1 fully saturated rings. The number of nitrogens with zero attached hydrogens (tertiary/aromatic N) is 2. The van der Waals surface area contributed by atoms with Crippen LogP contribution in [0.25, 0.3) is 21.3 Å². The van der Waals surface area contributed by atoms with Crippen LogP contribution in [0.15, 0.2) is 54.7 Å². The zero-order valence-electron chi connectivity index (χ0n) is 18.6. The fourth-order valence-electron chi connectivity index (χ4n) is 3.88. The van der Waals surface area contributed by atoms with Gasteiger partial charge in [-0.05, 0) is 29.8 Å². The maximum Gasteiger partial charge on any atom is 0.257 e. The molecule has 9 heteroatoms. The highest BCUT2D eigenvalue weighted by atomic mass is 32.1. The summed E-state index contributed by atoms with van der Waals surface area (Å²) in [6.07, 6.45) is 2.58. The first-order valence-corrected chi connectivity index (χ1v) is 11.7. The van der Waals surface area contributed by atoms with Crippen molar-refractivity contribution in [3.8, 4) is 22.8 Å². The van der Waals surface area contributed by atoms with Crippen molar-refractivity contribution >= 4 is 32.6 Å². The average Bonchev–Trinajstić information content (AvgIpc) is 3.50. The number of thiazole rings is 1. The van der Waals surface area contributed by atoms with E-state index in [1.807, 2.05) is 42.5 Å². The minimum absolute atomic E-state index is 0.0315. The molecule has 8 nitrogen and oxygen atoms in total. The van der Waals surface area contributed by atoms with Gasteiger partial charge < -0.3 is 25.3 Å². The number of carbonyl (C=O) groups excluding carboxylic acids is 1. The molecular weight excluding hydrogens is 452 g/mol. The van der Waals surface area contributed by atoms with Gasteiger partial charge in [-0.25, -0.2) is 9.97 Å². The first-order chi connectivity index (χ1) is 16.6. The predicted molar refractivity (Wildman–Crippen MR) is 131 cm³/mol. The number of fused-ring (bicyclic) bond motifs is 1. The highest BCUT2D eigenvalue weighted by molar-refractivity contribution is 7.22. The molecule has 5 rings (SSSR count). The Bertz CT molecular complexity index is 1330. The molecule has 1 unspecified atom stereocenters. The minimum Gasteiger partial charge on any atom is -0.488 e. The molecule has 0 bridgehead atoms. The van der Waals surface area contributed by atoms with Gasteiger partial charge in [-0.3, -0.25) is 4.79 Å². The summed E-state index contributed by atoms with van der Waals surface area (Å²) >= 11 is 1.42. The molecule has 0 radical (unpaired) electrons. The van der Waals surface area contributed by atoms with E-state index < -0.39 is 0 Å². The second kappa shape index (κ2) is 9.66. The first-order valence-electron chi connectivity index (χ1n) is 10.9. The number of ether oxygens (including phenoxy) is 3. The van der Waals surface area contributed by atoms with Crippen molar-refractivity contribution in [2.24, 2.45) is 0 Å². The number of nitrogens with two attached hydrogens (primary N) is 1. The summed E-state index contributed by atoms with van der Waals surface area (Å²) in [5.74, 6) is 0.722. The molecule has 2 aromatic heterocycles. The lowest BCUT2D eigenvalue weighted by Gasteiger charge is -2.16. The van der Waals surface area contributed by atoms with Crippen molar-refractivity contribution in [2.75, 3.05) is 26.1 Å². The third-order valence-electron chi connectivity index (χ3n) is 5.62. The second-order valence-electron chi connectivity index (χ2n) is 7.91. The van der Waals surface area contributed by atoms with Gasteiger partial charge in [-0.15, -0.1) is 0 Å². The largest absolute Gasteiger partial charge is 0.488 e. The number of carbonyl (C=O) groups is 1. The van der Waals surface area contributed by atoms with Crippen molar-refractivity contribution in [3.05, 3.63) is 65.9 Å². The van der Waals surface area contributed by atoms with Gasteiger partial charge in [0, 0.05) is 30.3 Å². The molecule has 4 aromatic rings. The van der Waals surface area contributed by atoms with E-state index in [1.54, 1.807) is 12.3 Å². The maximum absolute atomic E-state index is 13.1. The molecule has 1 saturated heterocycles. The summed E-state index contributed by atoms with van der Waals surface area (Å²) < 4.78 is 17.8. The summed E-state index contributed by atoms with van der Waals surface area (Å²) in [6, 6.07) is 15.3. The smallest absolute Gasteiger partial charge is 0.257 e. The van der Waals surface area contributed by atoms with E-state index in [0.29, 0.717) is 30.5 Å². The summed E-state index contributed by atoms with van der Waals surface area (Å²) in [5, 5.41) is 3.49. The van der Waals surface area contributed by atoms with Crippen LogP contribution in [-0.4, -0.2) is 42.3 Å². The van der Waals surface area contributed by atoms with E-state index in [2.05, 4.69) is 15.3 Å². The number of aromatic nitrogens is 2. The Morgan fingerprint density at radius 1 is 1.24 bits per heavy atom. The van der Waals surface area contributed by atoms with Gasteiger partial charge in [-0.2, -0.15) is 0 Å². The molecule has 34 heavy (non-hydrogen) atoms. The highest BCUT2D eigenvalue weighted by Crippen LogP contribution is 2.31. The SMILES string of the molecule is COc1ncc(-c2ccc3nc(N)sc3c2)cc1C(=O)NCc1ccccc1OC1CCOC1. The number of methoxy groups -OCH3 is 1. The Kier molecular flexibility index (Phi) is 6.29. The summed E-state index contributed by atoms with van der Waals surface area (Å²) in [6.45, 7) is 1.59. The van der Waals surface area contributed by atoms with Crippen molar-refractivity contribution in [1.82, 2.24) is 15.3 Å². The number of para-hydroxylation sites is 1. The van der Waals surface area contributed by atoms with Gasteiger partial charge >= 0.3 is 0 Å². The van der Waals surface area contributed by atoms with Crippen LogP contribution in [0.1, 0.15) is 22.3 Å². The van der Waals surface area contributed by atoms with Crippen LogP contribution in [0.5, 0.6) is 11.6 Å². The number of rotatable bonds is 7. The zero-order chi connectivity index (χ0) is 23.5. The summed E-state index contributed by atoms with van der Waals surface area (Å²) in [7, 11) is 1.50. The van der Waals surface area contributed by atoms with Gasteiger partial charge in [0.05, 0.1) is 30.5 Å². The Morgan fingerprint density at radius 3 is 2.94 bits per heavy atom. The fraction of sp³-hybridized carbons (Fsp3) is 0.240. The lowest BCUT2D eigenvalue weighted by atomic mass is 10.1. The molecule has 0 aliphatic carbocycles. The van der Waals surface area contributed by atoms with Crippen LogP contribution in [0.4, 0.5) is 5.13 Å². The van der Waals surface area contributed by atoms with E-state index in [-0.39, 0.29) is 17.9 Å². The van der Waals surface area contributed by atoms with Gasteiger partial charge in [0.2, 0.25) is 5.88 Å². The number of amides is 1. The average molecular weight is 477 g/mol. The lowest BCUT2D eigenvalue weighted by molar-refractivity contribution is 0.0946. The number of pyridine rings is 1. The number of nitrogen functional groups attached to an aromatic ring is 1. The van der Waals surface area contributed by atoms with E-state index >= 15 is 0 Å². The molecular formula is C25H24N4O4S. The molecule has 174 valence electrons. The lowest BCUT2D eigenvalue weighted by Crippen LogP contribution is -2.25. The van der Waals surface area contributed by atoms with Crippen LogP contribution >= 0.6 is 11.3 Å². The Morgan fingerprint density at radius 2 is 2.12 bits per heavy atom. The quantitative estimate of drug-likeness (QED) is 0.414. The number of benzene rings is 2. The zero-order valence-corrected chi connectivity index (χ0v) is 19.4. The number of nitrogens with one attached hydrogen (secondary N) is 1. The Balaban J connectivity index is 1.36. The molecule has 0 spiro atoms. The normalized spacial score (nSPS) is 15.4. The molecule has 2 aromatic carbocycles. The van der Waals surface area contributed by atoms with Crippen LogP contribution in [0.3, 0.4) is 0 Å². The third-order valence-corrected chi connectivity index (χ3v) is 6.47. The van der Waals surface area contributed by atoms with Crippen molar-refractivity contribution in [3.63, 3.8) is 0 Å². The van der Waals surface area contributed by atoms with Crippen molar-refractivity contribution in [1.29, 1.82) is 0 Å². The van der Waals surface area contributed by atoms with Gasteiger partial charge in [0.25, 0.3) is 5.91 Å². The minimum atomic E-state index is -0.284. The standard InChI is InChI=1S/C25H24N4O4S/c1-31-24-19(10-17(13-28-24)15-6-7-20-22(11-15)34-25(26)29-20)23(30)27-12-16-4-2-3-5-21(16)33-18-8-9-32-14-18/h2-7,10-11,13,18H,8-9,12,14H2,1H3,(H2,26,29)(H,27,30). The monoisotopic (exact) mass is 476 g/mol. The van der Waals surface area contributed by atoms with Crippen LogP contribution in [0, 0.1) is 0 Å². The molecule has 3 heterocycles. The fourth-order valence-corrected chi connectivity index (χ4v) is 4.65. The number of hydrogen-bond donors (Lipinski definition) is 2. The molecule has 3 N–H and O–H groups in total.